The maximum absolute atomic E-state index is 12.8. The van der Waals surface area contributed by atoms with Crippen molar-refractivity contribution >= 4 is 5.78 Å². The molecule has 0 aliphatic carbocycles. The molecule has 0 bridgehead atoms. The van der Waals surface area contributed by atoms with Crippen LogP contribution in [0.3, 0.4) is 0 Å². The molecule has 0 N–H and O–H groups in total. The second-order valence-electron chi connectivity index (χ2n) is 4.62. The SMILES string of the molecule is CCCn1ncc(OC)c1C(=O)c1ccccc1CC. The molecule has 106 valence electrons. The summed E-state index contributed by atoms with van der Waals surface area (Å²) in [5.41, 5.74) is 2.31. The Hall–Kier alpha value is -2.10. The van der Waals surface area contributed by atoms with Gasteiger partial charge in [-0.1, -0.05) is 38.1 Å². The van der Waals surface area contributed by atoms with Crippen LogP contribution in [0, 0.1) is 0 Å². The molecule has 4 nitrogen and oxygen atoms in total. The Morgan fingerprint density at radius 2 is 2.05 bits per heavy atom. The highest BCUT2D eigenvalue weighted by molar-refractivity contribution is 6.10. The van der Waals surface area contributed by atoms with Crippen molar-refractivity contribution in [2.45, 2.75) is 33.2 Å². The second-order valence-corrected chi connectivity index (χ2v) is 4.62. The highest BCUT2D eigenvalue weighted by atomic mass is 16.5. The van der Waals surface area contributed by atoms with Crippen molar-refractivity contribution in [3.05, 3.63) is 47.3 Å². The van der Waals surface area contributed by atoms with E-state index in [0.717, 1.165) is 24.0 Å². The number of nitrogens with zero attached hydrogens (tertiary/aromatic N) is 2. The molecule has 0 saturated carbocycles. The fourth-order valence-corrected chi connectivity index (χ4v) is 2.31. The number of carbonyl (C=O) groups excluding carboxylic acids is 1. The summed E-state index contributed by atoms with van der Waals surface area (Å²) >= 11 is 0. The Kier molecular flexibility index (Phi) is 4.56. The van der Waals surface area contributed by atoms with Crippen LogP contribution in [0.4, 0.5) is 0 Å². The van der Waals surface area contributed by atoms with Crippen LogP contribution in [0.5, 0.6) is 5.75 Å². The topological polar surface area (TPSA) is 44.1 Å². The standard InChI is InChI=1S/C16H20N2O2/c1-4-10-18-15(14(20-3)11-17-18)16(19)13-9-7-6-8-12(13)5-2/h6-9,11H,4-5,10H2,1-3H3. The molecule has 2 rings (SSSR count). The molecule has 0 radical (unpaired) electrons. The Morgan fingerprint density at radius 1 is 1.30 bits per heavy atom. The number of ketones is 1. The lowest BCUT2D eigenvalue weighted by Crippen LogP contribution is -2.14. The lowest BCUT2D eigenvalue weighted by Gasteiger charge is -2.10. The van der Waals surface area contributed by atoms with E-state index in [2.05, 4.69) is 12.0 Å². The van der Waals surface area contributed by atoms with Gasteiger partial charge in [-0.3, -0.25) is 9.48 Å². The molecule has 1 aromatic carbocycles. The third-order valence-corrected chi connectivity index (χ3v) is 3.32. The molecular formula is C16H20N2O2. The van der Waals surface area contributed by atoms with E-state index >= 15 is 0 Å². The van der Waals surface area contributed by atoms with Crippen LogP contribution in [-0.2, 0) is 13.0 Å². The predicted molar refractivity (Wildman–Crippen MR) is 78.3 cm³/mol. The van der Waals surface area contributed by atoms with Gasteiger partial charge in [0, 0.05) is 12.1 Å². The van der Waals surface area contributed by atoms with E-state index < -0.39 is 0 Å². The van der Waals surface area contributed by atoms with Gasteiger partial charge in [0.2, 0.25) is 5.78 Å². The van der Waals surface area contributed by atoms with Crippen LogP contribution < -0.4 is 4.74 Å². The van der Waals surface area contributed by atoms with Gasteiger partial charge in [0.25, 0.3) is 0 Å². The normalized spacial score (nSPS) is 10.6. The maximum atomic E-state index is 12.8. The lowest BCUT2D eigenvalue weighted by atomic mass is 9.99. The third kappa shape index (κ3) is 2.59. The van der Waals surface area contributed by atoms with E-state index in [0.29, 0.717) is 18.0 Å². The fraction of sp³-hybridized carbons (Fsp3) is 0.375. The predicted octanol–water partition coefficient (Wildman–Crippen LogP) is 3.10. The summed E-state index contributed by atoms with van der Waals surface area (Å²) < 4.78 is 7.01. The molecule has 0 saturated heterocycles. The van der Waals surface area contributed by atoms with E-state index in [4.69, 9.17) is 4.74 Å². The molecule has 0 fully saturated rings. The molecule has 1 heterocycles. The molecule has 20 heavy (non-hydrogen) atoms. The number of methoxy groups -OCH3 is 1. The highest BCUT2D eigenvalue weighted by Crippen LogP contribution is 2.23. The summed E-state index contributed by atoms with van der Waals surface area (Å²) in [7, 11) is 1.57. The van der Waals surface area contributed by atoms with E-state index in [9.17, 15) is 4.79 Å². The minimum atomic E-state index is -0.0229. The van der Waals surface area contributed by atoms with Gasteiger partial charge in [-0.05, 0) is 18.4 Å². The Labute approximate surface area is 119 Å². The van der Waals surface area contributed by atoms with Crippen molar-refractivity contribution in [3.8, 4) is 5.75 Å². The van der Waals surface area contributed by atoms with Crippen LogP contribution in [0.25, 0.3) is 0 Å². The van der Waals surface area contributed by atoms with Gasteiger partial charge in [-0.2, -0.15) is 5.10 Å². The zero-order chi connectivity index (χ0) is 14.5. The maximum Gasteiger partial charge on any atom is 0.215 e. The zero-order valence-electron chi connectivity index (χ0n) is 12.2. The third-order valence-electron chi connectivity index (χ3n) is 3.32. The molecular weight excluding hydrogens is 252 g/mol. The van der Waals surface area contributed by atoms with Gasteiger partial charge in [0.15, 0.2) is 11.4 Å². The first kappa shape index (κ1) is 14.3. The van der Waals surface area contributed by atoms with Crippen LogP contribution >= 0.6 is 0 Å². The van der Waals surface area contributed by atoms with Crippen molar-refractivity contribution in [1.82, 2.24) is 9.78 Å². The number of rotatable bonds is 6. The Morgan fingerprint density at radius 3 is 2.70 bits per heavy atom. The van der Waals surface area contributed by atoms with E-state index in [1.807, 2.05) is 31.2 Å². The van der Waals surface area contributed by atoms with E-state index in [1.165, 1.54) is 0 Å². The average Bonchev–Trinajstić information content (AvgIpc) is 2.89. The van der Waals surface area contributed by atoms with Crippen LogP contribution in [-0.4, -0.2) is 22.7 Å². The Bertz CT molecular complexity index is 602. The first-order valence-corrected chi connectivity index (χ1v) is 6.95. The second kappa shape index (κ2) is 6.37. The summed E-state index contributed by atoms with van der Waals surface area (Å²) in [5.74, 6) is 0.514. The highest BCUT2D eigenvalue weighted by Gasteiger charge is 2.22. The van der Waals surface area contributed by atoms with Gasteiger partial charge in [-0.25, -0.2) is 0 Å². The number of benzene rings is 1. The van der Waals surface area contributed by atoms with Crippen molar-refractivity contribution in [1.29, 1.82) is 0 Å². The smallest absolute Gasteiger partial charge is 0.215 e. The zero-order valence-corrected chi connectivity index (χ0v) is 12.2. The number of hydrogen-bond donors (Lipinski definition) is 0. The van der Waals surface area contributed by atoms with Gasteiger partial charge in [-0.15, -0.1) is 0 Å². The average molecular weight is 272 g/mol. The van der Waals surface area contributed by atoms with Crippen molar-refractivity contribution in [2.24, 2.45) is 0 Å². The number of aromatic nitrogens is 2. The Balaban J connectivity index is 2.49. The minimum absolute atomic E-state index is 0.0229. The first-order valence-electron chi connectivity index (χ1n) is 6.95. The van der Waals surface area contributed by atoms with Crippen molar-refractivity contribution < 1.29 is 9.53 Å². The van der Waals surface area contributed by atoms with Crippen LogP contribution in [0.2, 0.25) is 0 Å². The molecule has 4 heteroatoms. The van der Waals surface area contributed by atoms with Gasteiger partial charge >= 0.3 is 0 Å². The monoisotopic (exact) mass is 272 g/mol. The van der Waals surface area contributed by atoms with E-state index in [-0.39, 0.29) is 5.78 Å². The quantitative estimate of drug-likeness (QED) is 0.759. The summed E-state index contributed by atoms with van der Waals surface area (Å²) in [6.45, 7) is 4.81. The number of carbonyl (C=O) groups is 1. The molecule has 1 aromatic heterocycles. The summed E-state index contributed by atoms with van der Waals surface area (Å²) in [5, 5.41) is 4.25. The van der Waals surface area contributed by atoms with Gasteiger partial charge in [0.05, 0.1) is 13.3 Å². The number of ether oxygens (including phenoxy) is 1. The molecule has 2 aromatic rings. The summed E-state index contributed by atoms with van der Waals surface area (Å²) in [6.07, 6.45) is 3.35. The van der Waals surface area contributed by atoms with Gasteiger partial charge < -0.3 is 4.74 Å². The lowest BCUT2D eigenvalue weighted by molar-refractivity contribution is 0.102. The fourth-order valence-electron chi connectivity index (χ4n) is 2.31. The minimum Gasteiger partial charge on any atom is -0.493 e. The molecule has 0 atom stereocenters. The van der Waals surface area contributed by atoms with E-state index in [1.54, 1.807) is 18.0 Å². The van der Waals surface area contributed by atoms with Crippen LogP contribution in [0.1, 0.15) is 41.9 Å². The summed E-state index contributed by atoms with van der Waals surface area (Å²) in [6, 6.07) is 7.69. The number of aryl methyl sites for hydroxylation is 2. The number of hydrogen-bond acceptors (Lipinski definition) is 3. The molecule has 0 aliphatic rings. The first-order chi connectivity index (χ1) is 9.72. The van der Waals surface area contributed by atoms with Crippen LogP contribution in [0.15, 0.2) is 30.5 Å². The molecule has 0 spiro atoms. The summed E-state index contributed by atoms with van der Waals surface area (Å²) in [4.78, 5) is 12.8. The van der Waals surface area contributed by atoms with Crippen molar-refractivity contribution in [2.75, 3.05) is 7.11 Å². The van der Waals surface area contributed by atoms with Gasteiger partial charge in [0.1, 0.15) is 0 Å². The molecule has 0 unspecified atom stereocenters. The largest absolute Gasteiger partial charge is 0.493 e. The van der Waals surface area contributed by atoms with Crippen molar-refractivity contribution in [3.63, 3.8) is 0 Å². The molecule has 0 amide bonds. The molecule has 0 aliphatic heterocycles.